The number of carbonyl (C=O) groups excluding carboxylic acids is 1. The molecule has 0 aliphatic carbocycles. The maximum absolute atomic E-state index is 11.5. The Labute approximate surface area is 127 Å². The Morgan fingerprint density at radius 2 is 2.40 bits per heavy atom. The van der Waals surface area contributed by atoms with Gasteiger partial charge in [0.15, 0.2) is 0 Å². The van der Waals surface area contributed by atoms with Gasteiger partial charge in [0, 0.05) is 31.9 Å². The summed E-state index contributed by atoms with van der Waals surface area (Å²) in [6, 6.07) is 1.65. The van der Waals surface area contributed by atoms with Gasteiger partial charge in [-0.05, 0) is 35.7 Å². The van der Waals surface area contributed by atoms with Crippen molar-refractivity contribution < 1.29 is 4.79 Å². The topological polar surface area (TPSA) is 57.3 Å². The molecule has 2 N–H and O–H groups in total. The Balaban J connectivity index is 2.15. The van der Waals surface area contributed by atoms with Gasteiger partial charge in [-0.2, -0.15) is 0 Å². The molecular weight excluding hydrogens is 320 g/mol. The van der Waals surface area contributed by atoms with Gasteiger partial charge < -0.3 is 10.2 Å². The van der Waals surface area contributed by atoms with Gasteiger partial charge in [0.2, 0.25) is 0 Å². The highest BCUT2D eigenvalue weighted by Gasteiger charge is 2.17. The molecule has 0 radical (unpaired) electrons. The minimum absolute atomic E-state index is 0.240. The first-order valence-corrected chi connectivity index (χ1v) is 7.51. The van der Waals surface area contributed by atoms with Crippen LogP contribution in [0.5, 0.6) is 0 Å². The number of hydrogen-bond acceptors (Lipinski definition) is 3. The second kappa shape index (κ2) is 6.74. The SMILES string of the molecule is C=C1CCCN(c2cc(NC(=O)NCC)ncc2Br)C1. The molecule has 1 saturated heterocycles. The van der Waals surface area contributed by atoms with Gasteiger partial charge in [0.05, 0.1) is 10.2 Å². The zero-order valence-corrected chi connectivity index (χ0v) is 13.2. The number of rotatable bonds is 3. The van der Waals surface area contributed by atoms with E-state index in [1.54, 1.807) is 6.20 Å². The van der Waals surface area contributed by atoms with Gasteiger partial charge in [0.25, 0.3) is 0 Å². The van der Waals surface area contributed by atoms with E-state index in [1.165, 1.54) is 5.57 Å². The zero-order chi connectivity index (χ0) is 14.5. The predicted octanol–water partition coefficient (Wildman–Crippen LogP) is 3.14. The summed E-state index contributed by atoms with van der Waals surface area (Å²) in [5.41, 5.74) is 2.27. The minimum atomic E-state index is -0.240. The Bertz CT molecular complexity index is 518. The number of piperidine rings is 1. The maximum atomic E-state index is 11.5. The van der Waals surface area contributed by atoms with Crippen molar-refractivity contribution >= 4 is 33.5 Å². The quantitative estimate of drug-likeness (QED) is 0.832. The monoisotopic (exact) mass is 338 g/mol. The molecular formula is C14H19BrN4O. The number of aromatic nitrogens is 1. The van der Waals surface area contributed by atoms with Gasteiger partial charge in [-0.15, -0.1) is 0 Å². The number of pyridine rings is 1. The summed E-state index contributed by atoms with van der Waals surface area (Å²) < 4.78 is 0.925. The molecule has 20 heavy (non-hydrogen) atoms. The van der Waals surface area contributed by atoms with Crippen molar-refractivity contribution in [2.45, 2.75) is 19.8 Å². The van der Waals surface area contributed by atoms with Crippen LogP contribution in [0.3, 0.4) is 0 Å². The number of hydrogen-bond donors (Lipinski definition) is 2. The molecule has 5 nitrogen and oxygen atoms in total. The lowest BCUT2D eigenvalue weighted by Gasteiger charge is -2.31. The fourth-order valence-corrected chi connectivity index (χ4v) is 2.68. The third kappa shape index (κ3) is 3.72. The zero-order valence-electron chi connectivity index (χ0n) is 11.6. The van der Waals surface area contributed by atoms with Gasteiger partial charge in [0.1, 0.15) is 5.82 Å². The van der Waals surface area contributed by atoms with Crippen molar-refractivity contribution in [1.82, 2.24) is 10.3 Å². The Morgan fingerprint density at radius 3 is 3.10 bits per heavy atom. The highest BCUT2D eigenvalue weighted by Crippen LogP contribution is 2.30. The van der Waals surface area contributed by atoms with E-state index < -0.39 is 0 Å². The lowest BCUT2D eigenvalue weighted by molar-refractivity contribution is 0.252. The van der Waals surface area contributed by atoms with Crippen LogP contribution in [0.25, 0.3) is 0 Å². The van der Waals surface area contributed by atoms with Crippen LogP contribution in [-0.2, 0) is 0 Å². The van der Waals surface area contributed by atoms with Crippen LogP contribution < -0.4 is 15.5 Å². The Kier molecular flexibility index (Phi) is 5.00. The van der Waals surface area contributed by atoms with E-state index in [2.05, 4.69) is 43.0 Å². The van der Waals surface area contributed by atoms with E-state index in [0.717, 1.165) is 36.1 Å². The van der Waals surface area contributed by atoms with Crippen molar-refractivity contribution in [3.63, 3.8) is 0 Å². The number of anilines is 2. The van der Waals surface area contributed by atoms with Crippen LogP contribution >= 0.6 is 15.9 Å². The van der Waals surface area contributed by atoms with E-state index in [0.29, 0.717) is 12.4 Å². The van der Waals surface area contributed by atoms with Gasteiger partial charge in [-0.3, -0.25) is 5.32 Å². The summed E-state index contributed by atoms with van der Waals surface area (Å²) in [4.78, 5) is 18.0. The number of urea groups is 1. The number of nitrogens with zero attached hydrogens (tertiary/aromatic N) is 2. The molecule has 1 fully saturated rings. The van der Waals surface area contributed by atoms with Crippen molar-refractivity contribution in [1.29, 1.82) is 0 Å². The summed E-state index contributed by atoms with van der Waals surface area (Å²) in [5.74, 6) is 0.547. The highest BCUT2D eigenvalue weighted by molar-refractivity contribution is 9.10. The van der Waals surface area contributed by atoms with Gasteiger partial charge in [-0.1, -0.05) is 12.2 Å². The number of halogens is 1. The molecule has 0 bridgehead atoms. The second-order valence-electron chi connectivity index (χ2n) is 4.78. The molecule has 0 spiro atoms. The first kappa shape index (κ1) is 14.8. The molecule has 6 heteroatoms. The lowest BCUT2D eigenvalue weighted by atomic mass is 10.1. The van der Waals surface area contributed by atoms with Crippen LogP contribution in [0.1, 0.15) is 19.8 Å². The van der Waals surface area contributed by atoms with E-state index in [9.17, 15) is 4.79 Å². The second-order valence-corrected chi connectivity index (χ2v) is 5.63. The summed E-state index contributed by atoms with van der Waals surface area (Å²) in [6.07, 6.45) is 3.91. The maximum Gasteiger partial charge on any atom is 0.320 e. The average molecular weight is 339 g/mol. The molecule has 1 aromatic rings. The number of amides is 2. The summed E-state index contributed by atoms with van der Waals surface area (Å²) >= 11 is 3.52. The fourth-order valence-electron chi connectivity index (χ4n) is 2.21. The fraction of sp³-hybridized carbons (Fsp3) is 0.429. The van der Waals surface area contributed by atoms with E-state index in [4.69, 9.17) is 0 Å². The normalized spacial score (nSPS) is 15.1. The summed E-state index contributed by atoms with van der Waals surface area (Å²) in [6.45, 7) is 8.36. The van der Waals surface area contributed by atoms with Crippen LogP contribution in [-0.4, -0.2) is 30.6 Å². The average Bonchev–Trinajstić information content (AvgIpc) is 2.41. The molecule has 0 atom stereocenters. The largest absolute Gasteiger partial charge is 0.366 e. The van der Waals surface area contributed by atoms with E-state index in [-0.39, 0.29) is 6.03 Å². The number of carbonyl (C=O) groups is 1. The molecule has 1 aliphatic rings. The Morgan fingerprint density at radius 1 is 1.60 bits per heavy atom. The van der Waals surface area contributed by atoms with Gasteiger partial charge >= 0.3 is 6.03 Å². The molecule has 0 saturated carbocycles. The predicted molar refractivity (Wildman–Crippen MR) is 85.2 cm³/mol. The van der Waals surface area contributed by atoms with Crippen molar-refractivity contribution in [2.24, 2.45) is 0 Å². The van der Waals surface area contributed by atoms with E-state index >= 15 is 0 Å². The molecule has 2 rings (SSSR count). The van der Waals surface area contributed by atoms with Crippen molar-refractivity contribution in [3.8, 4) is 0 Å². The van der Waals surface area contributed by atoms with Crippen LogP contribution in [0, 0.1) is 0 Å². The van der Waals surface area contributed by atoms with E-state index in [1.807, 2.05) is 13.0 Å². The molecule has 1 aliphatic heterocycles. The van der Waals surface area contributed by atoms with Crippen LogP contribution in [0.2, 0.25) is 0 Å². The summed E-state index contributed by atoms with van der Waals surface area (Å²) in [7, 11) is 0. The first-order valence-electron chi connectivity index (χ1n) is 6.72. The molecule has 2 heterocycles. The summed E-state index contributed by atoms with van der Waals surface area (Å²) in [5, 5.41) is 5.41. The van der Waals surface area contributed by atoms with Crippen molar-refractivity contribution in [3.05, 3.63) is 28.9 Å². The Hall–Kier alpha value is -1.56. The standard InChI is InChI=1S/C14H19BrN4O/c1-3-16-14(20)18-13-7-12(11(15)8-17-13)19-6-4-5-10(2)9-19/h7-8H,2-6,9H2,1H3,(H2,16,17,18,20). The number of nitrogens with one attached hydrogen (secondary N) is 2. The first-order chi connectivity index (χ1) is 9.60. The molecule has 1 aromatic heterocycles. The third-order valence-electron chi connectivity index (χ3n) is 3.13. The highest BCUT2D eigenvalue weighted by atomic mass is 79.9. The molecule has 2 amide bonds. The van der Waals surface area contributed by atoms with Crippen LogP contribution in [0.4, 0.5) is 16.3 Å². The van der Waals surface area contributed by atoms with Crippen molar-refractivity contribution in [2.75, 3.05) is 29.9 Å². The molecule has 0 unspecified atom stereocenters. The minimum Gasteiger partial charge on any atom is -0.366 e. The molecule has 0 aromatic carbocycles. The molecule has 108 valence electrons. The van der Waals surface area contributed by atoms with Gasteiger partial charge in [-0.25, -0.2) is 9.78 Å². The lowest BCUT2D eigenvalue weighted by Crippen LogP contribution is -2.31. The smallest absolute Gasteiger partial charge is 0.320 e. The van der Waals surface area contributed by atoms with Crippen LogP contribution in [0.15, 0.2) is 28.9 Å². The third-order valence-corrected chi connectivity index (χ3v) is 3.74.